The van der Waals surface area contributed by atoms with E-state index >= 15 is 0 Å². The van der Waals surface area contributed by atoms with Crippen LogP contribution in [0.1, 0.15) is 37.3 Å². The first kappa shape index (κ1) is 20.0. The molecule has 0 saturated carbocycles. The van der Waals surface area contributed by atoms with Crippen LogP contribution in [-0.2, 0) is 13.1 Å². The number of rotatable bonds is 7. The van der Waals surface area contributed by atoms with Crippen LogP contribution in [0.2, 0.25) is 0 Å². The summed E-state index contributed by atoms with van der Waals surface area (Å²) < 4.78 is 2.11. The molecule has 0 fully saturated rings. The van der Waals surface area contributed by atoms with Crippen molar-refractivity contribution in [1.29, 1.82) is 0 Å². The highest BCUT2D eigenvalue weighted by Crippen LogP contribution is 2.14. The fraction of sp³-hybridized carbons (Fsp3) is 0.438. The Balaban J connectivity index is 0.00000200. The molecule has 118 valence electrons. The van der Waals surface area contributed by atoms with Gasteiger partial charge in [-0.2, -0.15) is 0 Å². The summed E-state index contributed by atoms with van der Waals surface area (Å²) in [6.45, 7) is 7.46. The van der Waals surface area contributed by atoms with Gasteiger partial charge in [0.25, 0.3) is 0 Å². The smallest absolute Gasteiger partial charge is 0.0945 e. The lowest BCUT2D eigenvalue weighted by molar-refractivity contribution is 0.580. The molecule has 1 N–H and O–H groups in total. The Labute approximate surface area is 140 Å². The normalized spacial score (nSPS) is 10.0. The number of aryl methyl sites for hydroxylation is 1. The van der Waals surface area contributed by atoms with E-state index in [0.29, 0.717) is 5.92 Å². The molecule has 1 aromatic carbocycles. The summed E-state index contributed by atoms with van der Waals surface area (Å²) in [6.07, 6.45) is 6.82. The first-order chi connectivity index (χ1) is 9.25. The maximum Gasteiger partial charge on any atom is 0.0945 e. The summed E-state index contributed by atoms with van der Waals surface area (Å²) in [7, 11) is 0. The zero-order valence-corrected chi connectivity index (χ0v) is 14.3. The Hall–Kier alpha value is -1.03. The Morgan fingerprint density at radius 3 is 2.43 bits per heavy atom. The maximum absolute atomic E-state index is 4.03. The molecule has 1 heterocycles. The first-order valence-electron chi connectivity index (χ1n) is 7.01. The molecule has 3 nitrogen and oxygen atoms in total. The average molecular weight is 330 g/mol. The number of nitrogens with one attached hydrogen (secondary N) is 1. The standard InChI is InChI=1S/C16H23N3.2ClH/c1-14(2)16-6-4-15(5-7-16)12-17-8-3-10-19-11-9-18-13-19;;/h4-7,9,11,13-14,17H,3,8,10,12H2,1-2H3;2*1H. The van der Waals surface area contributed by atoms with E-state index in [9.17, 15) is 0 Å². The molecule has 0 aliphatic rings. The quantitative estimate of drug-likeness (QED) is 0.777. The summed E-state index contributed by atoms with van der Waals surface area (Å²) in [5.41, 5.74) is 2.76. The second-order valence-electron chi connectivity index (χ2n) is 5.23. The molecule has 0 amide bonds. The molecular weight excluding hydrogens is 305 g/mol. The van der Waals surface area contributed by atoms with Crippen LogP contribution in [0, 0.1) is 0 Å². The van der Waals surface area contributed by atoms with Crippen LogP contribution >= 0.6 is 24.8 Å². The second-order valence-corrected chi connectivity index (χ2v) is 5.23. The van der Waals surface area contributed by atoms with Gasteiger partial charge in [-0.05, 0) is 30.0 Å². The minimum Gasteiger partial charge on any atom is -0.337 e. The lowest BCUT2D eigenvalue weighted by atomic mass is 10.0. The Morgan fingerprint density at radius 1 is 1.14 bits per heavy atom. The summed E-state index contributed by atoms with van der Waals surface area (Å²) >= 11 is 0. The molecule has 2 aromatic rings. The molecular formula is C16H25Cl2N3. The Morgan fingerprint density at radius 2 is 1.86 bits per heavy atom. The first-order valence-corrected chi connectivity index (χ1v) is 7.01. The molecule has 0 radical (unpaired) electrons. The van der Waals surface area contributed by atoms with Gasteiger partial charge in [-0.25, -0.2) is 4.98 Å². The number of aromatic nitrogens is 2. The lowest BCUT2D eigenvalue weighted by Crippen LogP contribution is -2.16. The molecule has 2 rings (SSSR count). The van der Waals surface area contributed by atoms with Crippen molar-refractivity contribution in [2.24, 2.45) is 0 Å². The van der Waals surface area contributed by atoms with E-state index in [-0.39, 0.29) is 24.8 Å². The van der Waals surface area contributed by atoms with Crippen LogP contribution in [0.5, 0.6) is 0 Å². The number of nitrogens with zero attached hydrogens (tertiary/aromatic N) is 2. The van der Waals surface area contributed by atoms with Crippen molar-refractivity contribution in [3.63, 3.8) is 0 Å². The molecule has 0 spiro atoms. The Kier molecular flexibility index (Phi) is 10.1. The number of hydrogen-bond acceptors (Lipinski definition) is 2. The van der Waals surface area contributed by atoms with Crippen LogP contribution < -0.4 is 5.32 Å². The van der Waals surface area contributed by atoms with Crippen LogP contribution in [0.3, 0.4) is 0 Å². The highest BCUT2D eigenvalue weighted by molar-refractivity contribution is 5.85. The van der Waals surface area contributed by atoms with E-state index in [0.717, 1.165) is 26.1 Å². The maximum atomic E-state index is 4.03. The van der Waals surface area contributed by atoms with Crippen molar-refractivity contribution in [3.8, 4) is 0 Å². The molecule has 1 aromatic heterocycles. The number of benzene rings is 1. The molecule has 0 aliphatic heterocycles. The molecule has 0 unspecified atom stereocenters. The van der Waals surface area contributed by atoms with Gasteiger partial charge in [0, 0.05) is 25.5 Å². The predicted molar refractivity (Wildman–Crippen MR) is 93.6 cm³/mol. The summed E-state index contributed by atoms with van der Waals surface area (Å²) in [5, 5.41) is 3.48. The molecule has 5 heteroatoms. The largest absolute Gasteiger partial charge is 0.337 e. The van der Waals surface area contributed by atoms with Crippen molar-refractivity contribution < 1.29 is 0 Å². The van der Waals surface area contributed by atoms with Gasteiger partial charge in [0.15, 0.2) is 0 Å². The second kappa shape index (κ2) is 10.7. The predicted octanol–water partition coefficient (Wildman–Crippen LogP) is 4.03. The molecule has 0 bridgehead atoms. The van der Waals surface area contributed by atoms with Gasteiger partial charge in [0.2, 0.25) is 0 Å². The van der Waals surface area contributed by atoms with Gasteiger partial charge in [-0.15, -0.1) is 24.8 Å². The van der Waals surface area contributed by atoms with E-state index in [1.54, 1.807) is 0 Å². The zero-order valence-electron chi connectivity index (χ0n) is 12.7. The van der Waals surface area contributed by atoms with Crippen LogP contribution in [0.15, 0.2) is 43.0 Å². The molecule has 0 aliphatic carbocycles. The van der Waals surface area contributed by atoms with Gasteiger partial charge in [0.05, 0.1) is 6.33 Å². The average Bonchev–Trinajstić information content (AvgIpc) is 2.92. The third kappa shape index (κ3) is 6.98. The minimum atomic E-state index is 0. The highest BCUT2D eigenvalue weighted by Gasteiger charge is 1.98. The Bertz CT molecular complexity index is 467. The van der Waals surface area contributed by atoms with Crippen LogP contribution in [-0.4, -0.2) is 16.1 Å². The van der Waals surface area contributed by atoms with Gasteiger partial charge in [-0.3, -0.25) is 0 Å². The third-order valence-electron chi connectivity index (χ3n) is 3.30. The highest BCUT2D eigenvalue weighted by atomic mass is 35.5. The van der Waals surface area contributed by atoms with Crippen molar-refractivity contribution in [1.82, 2.24) is 14.9 Å². The van der Waals surface area contributed by atoms with Crippen LogP contribution in [0.4, 0.5) is 0 Å². The van der Waals surface area contributed by atoms with Gasteiger partial charge >= 0.3 is 0 Å². The third-order valence-corrected chi connectivity index (χ3v) is 3.30. The van der Waals surface area contributed by atoms with E-state index in [1.807, 2.05) is 18.7 Å². The van der Waals surface area contributed by atoms with E-state index in [4.69, 9.17) is 0 Å². The summed E-state index contributed by atoms with van der Waals surface area (Å²) in [4.78, 5) is 4.03. The van der Waals surface area contributed by atoms with Gasteiger partial charge in [0.1, 0.15) is 0 Å². The minimum absolute atomic E-state index is 0. The summed E-state index contributed by atoms with van der Waals surface area (Å²) in [5.74, 6) is 0.609. The van der Waals surface area contributed by atoms with Gasteiger partial charge < -0.3 is 9.88 Å². The monoisotopic (exact) mass is 329 g/mol. The lowest BCUT2D eigenvalue weighted by Gasteiger charge is -2.08. The molecule has 21 heavy (non-hydrogen) atoms. The zero-order chi connectivity index (χ0) is 13.5. The fourth-order valence-electron chi connectivity index (χ4n) is 2.06. The number of halogens is 2. The number of imidazole rings is 1. The SMILES string of the molecule is CC(C)c1ccc(CNCCCn2ccnc2)cc1.Cl.Cl. The van der Waals surface area contributed by atoms with Crippen molar-refractivity contribution in [3.05, 3.63) is 54.1 Å². The van der Waals surface area contributed by atoms with Crippen molar-refractivity contribution in [2.75, 3.05) is 6.54 Å². The molecule has 0 atom stereocenters. The van der Waals surface area contributed by atoms with E-state index < -0.39 is 0 Å². The topological polar surface area (TPSA) is 29.9 Å². The fourth-order valence-corrected chi connectivity index (χ4v) is 2.06. The van der Waals surface area contributed by atoms with E-state index in [2.05, 4.69) is 53.0 Å². The van der Waals surface area contributed by atoms with E-state index in [1.165, 1.54) is 11.1 Å². The molecule has 0 saturated heterocycles. The van der Waals surface area contributed by atoms with Crippen molar-refractivity contribution in [2.45, 2.75) is 39.3 Å². The van der Waals surface area contributed by atoms with Gasteiger partial charge in [-0.1, -0.05) is 38.1 Å². The van der Waals surface area contributed by atoms with Crippen molar-refractivity contribution >= 4 is 24.8 Å². The number of hydrogen-bond donors (Lipinski definition) is 1. The van der Waals surface area contributed by atoms with Crippen LogP contribution in [0.25, 0.3) is 0 Å². The summed E-state index contributed by atoms with van der Waals surface area (Å²) in [6, 6.07) is 8.90.